The Bertz CT molecular complexity index is 323. The van der Waals surface area contributed by atoms with Crippen LogP contribution in [0.3, 0.4) is 0 Å². The Labute approximate surface area is 103 Å². The zero-order chi connectivity index (χ0) is 12.5. The van der Waals surface area contributed by atoms with E-state index in [9.17, 15) is 4.79 Å². The maximum Gasteiger partial charge on any atom is 0.221 e. The van der Waals surface area contributed by atoms with Crippen molar-refractivity contribution in [1.82, 2.24) is 15.2 Å². The first-order chi connectivity index (χ1) is 8.26. The van der Waals surface area contributed by atoms with E-state index in [-0.39, 0.29) is 5.91 Å². The van der Waals surface area contributed by atoms with Crippen LogP contribution >= 0.6 is 0 Å². The summed E-state index contributed by atoms with van der Waals surface area (Å²) in [5.41, 5.74) is 1.08. The Hall–Kier alpha value is -1.42. The summed E-state index contributed by atoms with van der Waals surface area (Å²) in [5.74, 6) is 0.105. The fraction of sp³-hybridized carbons (Fsp3) is 0.538. The lowest BCUT2D eigenvalue weighted by molar-refractivity contribution is -0.121. The second-order valence-corrected chi connectivity index (χ2v) is 3.91. The van der Waals surface area contributed by atoms with Crippen LogP contribution in [0.25, 0.3) is 0 Å². The monoisotopic (exact) mass is 235 g/mol. The van der Waals surface area contributed by atoms with Crippen molar-refractivity contribution >= 4 is 5.91 Å². The molecule has 4 heteroatoms. The number of carbonyl (C=O) groups excluding carboxylic acids is 1. The number of pyridine rings is 1. The van der Waals surface area contributed by atoms with Gasteiger partial charge in [-0.1, -0.05) is 13.8 Å². The van der Waals surface area contributed by atoms with Gasteiger partial charge in [0.2, 0.25) is 5.91 Å². The maximum atomic E-state index is 11.6. The molecule has 0 aliphatic carbocycles. The molecule has 1 amide bonds. The predicted octanol–water partition coefficient (Wildman–Crippen LogP) is 1.43. The van der Waals surface area contributed by atoms with Gasteiger partial charge >= 0.3 is 0 Å². The van der Waals surface area contributed by atoms with E-state index >= 15 is 0 Å². The number of rotatable bonds is 7. The number of hydrogen-bond donors (Lipinski definition) is 1. The van der Waals surface area contributed by atoms with Gasteiger partial charge in [0.1, 0.15) is 0 Å². The van der Waals surface area contributed by atoms with Crippen molar-refractivity contribution in [3.05, 3.63) is 30.1 Å². The van der Waals surface area contributed by atoms with Crippen molar-refractivity contribution in [1.29, 1.82) is 0 Å². The topological polar surface area (TPSA) is 45.2 Å². The van der Waals surface area contributed by atoms with E-state index in [4.69, 9.17) is 0 Å². The minimum atomic E-state index is 0.105. The Morgan fingerprint density at radius 3 is 2.53 bits per heavy atom. The highest BCUT2D eigenvalue weighted by molar-refractivity contribution is 5.76. The summed E-state index contributed by atoms with van der Waals surface area (Å²) >= 11 is 0. The Kier molecular flexibility index (Phi) is 6.25. The average Bonchev–Trinajstić information content (AvgIpc) is 2.39. The quantitative estimate of drug-likeness (QED) is 0.777. The van der Waals surface area contributed by atoms with Gasteiger partial charge in [-0.15, -0.1) is 0 Å². The van der Waals surface area contributed by atoms with Crippen LogP contribution in [0.5, 0.6) is 0 Å². The standard InChI is InChI=1S/C13H21N3O/c1-3-16(4-2)10-7-13(17)15-11-12-5-8-14-9-6-12/h5-6,8-9H,3-4,7,10-11H2,1-2H3,(H,15,17). The third-order valence-electron chi connectivity index (χ3n) is 2.79. The molecule has 0 radical (unpaired) electrons. The molecule has 0 saturated heterocycles. The SMILES string of the molecule is CCN(CC)CCC(=O)NCc1ccncc1. The molecule has 0 aromatic carbocycles. The minimum absolute atomic E-state index is 0.105. The first kappa shape index (κ1) is 13.6. The Morgan fingerprint density at radius 2 is 1.94 bits per heavy atom. The zero-order valence-corrected chi connectivity index (χ0v) is 10.6. The summed E-state index contributed by atoms with van der Waals surface area (Å²) in [5, 5.41) is 2.91. The molecular formula is C13H21N3O. The molecule has 1 aromatic heterocycles. The van der Waals surface area contributed by atoms with E-state index in [1.807, 2.05) is 12.1 Å². The lowest BCUT2D eigenvalue weighted by atomic mass is 10.2. The van der Waals surface area contributed by atoms with Gasteiger partial charge in [-0.3, -0.25) is 9.78 Å². The number of nitrogens with one attached hydrogen (secondary N) is 1. The van der Waals surface area contributed by atoms with E-state index < -0.39 is 0 Å². The van der Waals surface area contributed by atoms with E-state index in [1.165, 1.54) is 0 Å². The summed E-state index contributed by atoms with van der Waals surface area (Å²) < 4.78 is 0. The fourth-order valence-corrected chi connectivity index (χ4v) is 1.59. The largest absolute Gasteiger partial charge is 0.352 e. The van der Waals surface area contributed by atoms with Gasteiger partial charge in [-0.25, -0.2) is 0 Å². The van der Waals surface area contributed by atoms with Crippen LogP contribution < -0.4 is 5.32 Å². The van der Waals surface area contributed by atoms with Crippen LogP contribution in [0.4, 0.5) is 0 Å². The summed E-state index contributed by atoms with van der Waals surface area (Å²) in [6, 6.07) is 3.81. The lowest BCUT2D eigenvalue weighted by Crippen LogP contribution is -2.30. The molecule has 94 valence electrons. The molecule has 1 rings (SSSR count). The molecule has 0 unspecified atom stereocenters. The van der Waals surface area contributed by atoms with Gasteiger partial charge in [0.25, 0.3) is 0 Å². The van der Waals surface area contributed by atoms with E-state index in [0.29, 0.717) is 13.0 Å². The molecule has 0 bridgehead atoms. The second kappa shape index (κ2) is 7.79. The van der Waals surface area contributed by atoms with Crippen molar-refractivity contribution in [2.45, 2.75) is 26.8 Å². The summed E-state index contributed by atoms with van der Waals surface area (Å²) in [6.45, 7) is 7.62. The average molecular weight is 235 g/mol. The van der Waals surface area contributed by atoms with Crippen molar-refractivity contribution in [2.24, 2.45) is 0 Å². The lowest BCUT2D eigenvalue weighted by Gasteiger charge is -2.17. The van der Waals surface area contributed by atoms with Crippen LogP contribution in [0.2, 0.25) is 0 Å². The molecule has 1 heterocycles. The highest BCUT2D eigenvalue weighted by atomic mass is 16.1. The van der Waals surface area contributed by atoms with Crippen LogP contribution in [0, 0.1) is 0 Å². The number of hydrogen-bond acceptors (Lipinski definition) is 3. The molecule has 4 nitrogen and oxygen atoms in total. The first-order valence-corrected chi connectivity index (χ1v) is 6.14. The van der Waals surface area contributed by atoms with Gasteiger partial charge in [0.15, 0.2) is 0 Å². The Morgan fingerprint density at radius 1 is 1.29 bits per heavy atom. The predicted molar refractivity (Wildman–Crippen MR) is 68.5 cm³/mol. The number of aromatic nitrogens is 1. The van der Waals surface area contributed by atoms with Crippen LogP contribution in [0.1, 0.15) is 25.8 Å². The molecule has 0 aliphatic rings. The van der Waals surface area contributed by atoms with E-state index in [1.54, 1.807) is 12.4 Å². The molecule has 0 spiro atoms. The van der Waals surface area contributed by atoms with Crippen LogP contribution in [0.15, 0.2) is 24.5 Å². The van der Waals surface area contributed by atoms with Crippen LogP contribution in [-0.2, 0) is 11.3 Å². The number of amides is 1. The van der Waals surface area contributed by atoms with E-state index in [0.717, 1.165) is 25.2 Å². The molecule has 0 fully saturated rings. The molecule has 0 saturated carbocycles. The third-order valence-corrected chi connectivity index (χ3v) is 2.79. The third kappa shape index (κ3) is 5.45. The van der Waals surface area contributed by atoms with Crippen molar-refractivity contribution < 1.29 is 4.79 Å². The summed E-state index contributed by atoms with van der Waals surface area (Å²) in [4.78, 5) is 17.8. The molecule has 1 aromatic rings. The summed E-state index contributed by atoms with van der Waals surface area (Å²) in [7, 11) is 0. The van der Waals surface area contributed by atoms with Crippen LogP contribution in [-0.4, -0.2) is 35.4 Å². The first-order valence-electron chi connectivity index (χ1n) is 6.14. The van der Waals surface area contributed by atoms with Crippen molar-refractivity contribution in [3.63, 3.8) is 0 Å². The highest BCUT2D eigenvalue weighted by Gasteiger charge is 2.04. The molecule has 0 aliphatic heterocycles. The smallest absolute Gasteiger partial charge is 0.221 e. The molecular weight excluding hydrogens is 214 g/mol. The van der Waals surface area contributed by atoms with Gasteiger partial charge in [-0.2, -0.15) is 0 Å². The second-order valence-electron chi connectivity index (χ2n) is 3.91. The summed E-state index contributed by atoms with van der Waals surface area (Å²) in [6.07, 6.45) is 4.03. The van der Waals surface area contributed by atoms with Crippen molar-refractivity contribution in [3.8, 4) is 0 Å². The normalized spacial score (nSPS) is 10.5. The number of nitrogens with zero attached hydrogens (tertiary/aromatic N) is 2. The minimum Gasteiger partial charge on any atom is -0.352 e. The van der Waals surface area contributed by atoms with E-state index in [2.05, 4.69) is 29.0 Å². The Balaban J connectivity index is 2.22. The maximum absolute atomic E-state index is 11.6. The van der Waals surface area contributed by atoms with Gasteiger partial charge in [0, 0.05) is 31.9 Å². The number of carbonyl (C=O) groups is 1. The van der Waals surface area contributed by atoms with Gasteiger partial charge < -0.3 is 10.2 Å². The molecule has 0 atom stereocenters. The highest BCUT2D eigenvalue weighted by Crippen LogP contribution is 1.96. The fourth-order valence-electron chi connectivity index (χ4n) is 1.59. The molecule has 1 N–H and O–H groups in total. The zero-order valence-electron chi connectivity index (χ0n) is 10.6. The molecule has 17 heavy (non-hydrogen) atoms. The van der Waals surface area contributed by atoms with Gasteiger partial charge in [0.05, 0.1) is 0 Å². The van der Waals surface area contributed by atoms with Crippen molar-refractivity contribution in [2.75, 3.05) is 19.6 Å². The van der Waals surface area contributed by atoms with Gasteiger partial charge in [-0.05, 0) is 30.8 Å².